The second-order valence-electron chi connectivity index (χ2n) is 4.11. The zero-order valence-corrected chi connectivity index (χ0v) is 12.4. The summed E-state index contributed by atoms with van der Waals surface area (Å²) in [6.07, 6.45) is 1.31. The van der Waals surface area contributed by atoms with E-state index >= 15 is 0 Å². The lowest BCUT2D eigenvalue weighted by molar-refractivity contribution is -0.120. The Hall–Kier alpha value is -1.24. The minimum absolute atomic E-state index is 0.0409. The van der Waals surface area contributed by atoms with Crippen LogP contribution in [0.4, 0.5) is 0 Å². The average Bonchev–Trinajstić information content (AvgIpc) is 3.04. The van der Waals surface area contributed by atoms with Crippen molar-refractivity contribution in [1.29, 1.82) is 0 Å². The molecule has 0 atom stereocenters. The smallest absolute Gasteiger partial charge is 0.226 e. The average molecular weight is 295 g/mol. The maximum absolute atomic E-state index is 11.7. The minimum atomic E-state index is 0.0409. The molecular formula is C13H17N3OS2. The Balaban J connectivity index is 1.81. The van der Waals surface area contributed by atoms with Crippen LogP contribution in [0.3, 0.4) is 0 Å². The second-order valence-corrected chi connectivity index (χ2v) is 5.91. The van der Waals surface area contributed by atoms with E-state index < -0.39 is 0 Å². The molecule has 0 radical (unpaired) electrons. The molecule has 0 bridgehead atoms. The number of amides is 1. The molecule has 2 rings (SSSR count). The normalized spacial score (nSPS) is 10.6. The van der Waals surface area contributed by atoms with Crippen LogP contribution >= 0.6 is 22.7 Å². The highest BCUT2D eigenvalue weighted by Crippen LogP contribution is 2.27. The molecule has 2 N–H and O–H groups in total. The highest BCUT2D eigenvalue weighted by atomic mass is 32.1. The van der Waals surface area contributed by atoms with Crippen LogP contribution in [-0.2, 0) is 11.2 Å². The molecule has 2 heterocycles. The standard InChI is InChI=1S/C13H17N3OS2/c1-14-5-3-6-15-12(17)8-10-9-19-13(16-10)11-4-2-7-18-11/h2,4,7,9,14H,3,5-6,8H2,1H3,(H,15,17). The van der Waals surface area contributed by atoms with Crippen molar-refractivity contribution in [2.45, 2.75) is 12.8 Å². The summed E-state index contributed by atoms with van der Waals surface area (Å²) >= 11 is 3.26. The van der Waals surface area contributed by atoms with Crippen LogP contribution in [0.1, 0.15) is 12.1 Å². The summed E-state index contributed by atoms with van der Waals surface area (Å²) in [5.41, 5.74) is 0.847. The van der Waals surface area contributed by atoms with Gasteiger partial charge < -0.3 is 10.6 Å². The van der Waals surface area contributed by atoms with Gasteiger partial charge in [0.15, 0.2) is 0 Å². The van der Waals surface area contributed by atoms with E-state index in [-0.39, 0.29) is 5.91 Å². The van der Waals surface area contributed by atoms with E-state index in [9.17, 15) is 4.79 Å². The molecule has 0 aromatic carbocycles. The van der Waals surface area contributed by atoms with Gasteiger partial charge in [-0.25, -0.2) is 4.98 Å². The van der Waals surface area contributed by atoms with E-state index in [1.807, 2.05) is 29.9 Å². The number of carbonyl (C=O) groups excluding carboxylic acids is 1. The molecule has 0 spiro atoms. The van der Waals surface area contributed by atoms with Gasteiger partial charge in [-0.05, 0) is 31.5 Å². The molecule has 2 aromatic rings. The summed E-state index contributed by atoms with van der Waals surface area (Å²) in [7, 11) is 1.91. The molecule has 1 amide bonds. The molecule has 0 unspecified atom stereocenters. The number of nitrogens with one attached hydrogen (secondary N) is 2. The van der Waals surface area contributed by atoms with Crippen molar-refractivity contribution in [3.8, 4) is 9.88 Å². The number of thiophene rings is 1. The van der Waals surface area contributed by atoms with E-state index in [1.165, 1.54) is 0 Å². The van der Waals surface area contributed by atoms with Gasteiger partial charge in [-0.1, -0.05) is 6.07 Å². The summed E-state index contributed by atoms with van der Waals surface area (Å²) in [5, 5.41) is 10.9. The van der Waals surface area contributed by atoms with Crippen LogP contribution in [0.5, 0.6) is 0 Å². The lowest BCUT2D eigenvalue weighted by Gasteiger charge is -2.03. The highest BCUT2D eigenvalue weighted by molar-refractivity contribution is 7.20. The number of nitrogens with zero attached hydrogens (tertiary/aromatic N) is 1. The van der Waals surface area contributed by atoms with Crippen LogP contribution in [0.2, 0.25) is 0 Å². The third-order valence-corrected chi connectivity index (χ3v) is 4.48. The van der Waals surface area contributed by atoms with Crippen molar-refractivity contribution in [3.63, 3.8) is 0 Å². The molecule has 0 aliphatic rings. The largest absolute Gasteiger partial charge is 0.356 e. The van der Waals surface area contributed by atoms with Crippen molar-refractivity contribution >= 4 is 28.6 Å². The lowest BCUT2D eigenvalue weighted by atomic mass is 10.3. The molecule has 19 heavy (non-hydrogen) atoms. The zero-order valence-electron chi connectivity index (χ0n) is 10.8. The molecule has 0 aliphatic carbocycles. The fourth-order valence-electron chi connectivity index (χ4n) is 1.62. The first kappa shape index (κ1) is 14.2. The third kappa shape index (κ3) is 4.41. The molecule has 4 nitrogen and oxygen atoms in total. The Bertz CT molecular complexity index is 508. The Kier molecular flexibility index (Phi) is 5.50. The Morgan fingerprint density at radius 1 is 1.37 bits per heavy atom. The molecule has 2 aromatic heterocycles. The number of hydrogen-bond acceptors (Lipinski definition) is 5. The Morgan fingerprint density at radius 3 is 3.00 bits per heavy atom. The topological polar surface area (TPSA) is 54.0 Å². The maximum atomic E-state index is 11.7. The monoisotopic (exact) mass is 295 g/mol. The van der Waals surface area contributed by atoms with E-state index in [2.05, 4.69) is 15.6 Å². The first-order chi connectivity index (χ1) is 9.29. The number of thiazole rings is 1. The molecule has 0 saturated carbocycles. The van der Waals surface area contributed by atoms with Crippen molar-refractivity contribution in [2.24, 2.45) is 0 Å². The van der Waals surface area contributed by atoms with Crippen molar-refractivity contribution in [3.05, 3.63) is 28.6 Å². The summed E-state index contributed by atoms with van der Waals surface area (Å²) < 4.78 is 0. The van der Waals surface area contributed by atoms with Gasteiger partial charge in [0.05, 0.1) is 17.0 Å². The quantitative estimate of drug-likeness (QED) is 0.770. The van der Waals surface area contributed by atoms with E-state index in [1.54, 1.807) is 22.7 Å². The van der Waals surface area contributed by atoms with Gasteiger partial charge in [-0.15, -0.1) is 22.7 Å². The maximum Gasteiger partial charge on any atom is 0.226 e. The van der Waals surface area contributed by atoms with E-state index in [4.69, 9.17) is 0 Å². The fraction of sp³-hybridized carbons (Fsp3) is 0.385. The zero-order chi connectivity index (χ0) is 13.5. The first-order valence-corrected chi connectivity index (χ1v) is 7.95. The van der Waals surface area contributed by atoms with Gasteiger partial charge in [0, 0.05) is 11.9 Å². The number of aromatic nitrogens is 1. The SMILES string of the molecule is CNCCCNC(=O)Cc1csc(-c2cccs2)n1. The summed E-state index contributed by atoms with van der Waals surface area (Å²) in [5.74, 6) is 0.0409. The summed E-state index contributed by atoms with van der Waals surface area (Å²) in [6.45, 7) is 1.63. The van der Waals surface area contributed by atoms with Gasteiger partial charge in [-0.3, -0.25) is 4.79 Å². The van der Waals surface area contributed by atoms with Gasteiger partial charge in [0.2, 0.25) is 5.91 Å². The third-order valence-electron chi connectivity index (χ3n) is 2.55. The second kappa shape index (κ2) is 7.37. The molecule has 0 aliphatic heterocycles. The van der Waals surface area contributed by atoms with Gasteiger partial charge in [0.1, 0.15) is 5.01 Å². The van der Waals surface area contributed by atoms with Gasteiger partial charge >= 0.3 is 0 Å². The van der Waals surface area contributed by atoms with Crippen molar-refractivity contribution in [2.75, 3.05) is 20.1 Å². The van der Waals surface area contributed by atoms with Crippen LogP contribution in [0.25, 0.3) is 9.88 Å². The summed E-state index contributed by atoms with van der Waals surface area (Å²) in [4.78, 5) is 17.4. The van der Waals surface area contributed by atoms with Crippen molar-refractivity contribution < 1.29 is 4.79 Å². The van der Waals surface area contributed by atoms with Gasteiger partial charge in [-0.2, -0.15) is 0 Å². The van der Waals surface area contributed by atoms with Crippen LogP contribution in [0.15, 0.2) is 22.9 Å². The minimum Gasteiger partial charge on any atom is -0.356 e. The molecular weight excluding hydrogens is 278 g/mol. The number of hydrogen-bond donors (Lipinski definition) is 2. The van der Waals surface area contributed by atoms with Crippen molar-refractivity contribution in [1.82, 2.24) is 15.6 Å². The number of rotatable bonds is 7. The molecule has 102 valence electrons. The summed E-state index contributed by atoms with van der Waals surface area (Å²) in [6, 6.07) is 4.06. The fourth-order valence-corrected chi connectivity index (χ4v) is 3.26. The van der Waals surface area contributed by atoms with Crippen LogP contribution in [-0.4, -0.2) is 31.0 Å². The highest BCUT2D eigenvalue weighted by Gasteiger charge is 2.09. The van der Waals surface area contributed by atoms with E-state index in [0.717, 1.165) is 28.5 Å². The van der Waals surface area contributed by atoms with E-state index in [0.29, 0.717) is 13.0 Å². The van der Waals surface area contributed by atoms with Crippen LogP contribution < -0.4 is 10.6 Å². The lowest BCUT2D eigenvalue weighted by Crippen LogP contribution is -2.28. The first-order valence-electron chi connectivity index (χ1n) is 6.19. The van der Waals surface area contributed by atoms with Crippen LogP contribution in [0, 0.1) is 0 Å². The predicted molar refractivity (Wildman–Crippen MR) is 80.7 cm³/mol. The van der Waals surface area contributed by atoms with Gasteiger partial charge in [0.25, 0.3) is 0 Å². The Morgan fingerprint density at radius 2 is 2.26 bits per heavy atom. The number of carbonyl (C=O) groups is 1. The molecule has 6 heteroatoms. The Labute approximate surface area is 120 Å². The molecule has 0 saturated heterocycles. The molecule has 0 fully saturated rings. The predicted octanol–water partition coefficient (Wildman–Crippen LogP) is 2.14.